The molecule has 0 aliphatic rings. The molecule has 0 aliphatic carbocycles. The van der Waals surface area contributed by atoms with Crippen LogP contribution in [0.1, 0.15) is 25.3 Å². The number of para-hydroxylation sites is 1. The van der Waals surface area contributed by atoms with E-state index >= 15 is 0 Å². The average molecular weight is 153 g/mol. The third kappa shape index (κ3) is 1.45. The van der Waals surface area contributed by atoms with Crippen LogP contribution in [0, 0.1) is 0 Å². The zero-order chi connectivity index (χ0) is 8.43. The third-order valence-electron chi connectivity index (χ3n) is 1.69. The van der Waals surface area contributed by atoms with Crippen LogP contribution >= 0.6 is 0 Å². The lowest BCUT2D eigenvalue weighted by Crippen LogP contribution is -1.86. The van der Waals surface area contributed by atoms with Gasteiger partial charge >= 0.3 is 0 Å². The van der Waals surface area contributed by atoms with Gasteiger partial charge in [-0.3, -0.25) is 0 Å². The van der Waals surface area contributed by atoms with Gasteiger partial charge in [-0.25, -0.2) is 0 Å². The van der Waals surface area contributed by atoms with Crippen molar-refractivity contribution in [3.63, 3.8) is 0 Å². The van der Waals surface area contributed by atoms with E-state index in [2.05, 4.69) is 0 Å². The smallest absolute Gasteiger partial charge is 0.296 e. The first-order valence-electron chi connectivity index (χ1n) is 3.66. The Bertz CT molecular complexity index is 254. The summed E-state index contributed by atoms with van der Waals surface area (Å²) in [5, 5.41) is 16.7. The summed E-state index contributed by atoms with van der Waals surface area (Å²) in [5.74, 6) is 0.596. The predicted octanol–water partition coefficient (Wildman–Crippen LogP) is 1.95. The molecule has 1 aromatic carbocycles. The van der Waals surface area contributed by atoms with Crippen LogP contribution in [0.15, 0.2) is 18.2 Å². The van der Waals surface area contributed by atoms with E-state index in [1.54, 1.807) is 12.1 Å². The van der Waals surface area contributed by atoms with Crippen LogP contribution in [-0.2, 0) is 0 Å². The van der Waals surface area contributed by atoms with Crippen molar-refractivity contribution >= 4 is 0 Å². The molecule has 0 amide bonds. The third-order valence-corrected chi connectivity index (χ3v) is 1.69. The molecule has 0 unspecified atom stereocenters. The number of hydrogen-bond donors (Lipinski definition) is 1. The van der Waals surface area contributed by atoms with Crippen molar-refractivity contribution in [1.29, 1.82) is 0 Å². The molecular weight excluding hydrogens is 140 g/mol. The van der Waals surface area contributed by atoms with Gasteiger partial charge in [0.1, 0.15) is 0 Å². The summed E-state index contributed by atoms with van der Waals surface area (Å²) in [5.41, 5.74) is 0.845. The quantitative estimate of drug-likeness (QED) is 0.616. The topological polar surface area (TPSA) is 43.1 Å². The van der Waals surface area contributed by atoms with Crippen LogP contribution in [0.2, 0.25) is 0 Å². The fraction of sp³-hybridized carbons (Fsp3) is 0.333. The van der Waals surface area contributed by atoms with Crippen LogP contribution in [0.25, 0.3) is 0 Å². The van der Waals surface area contributed by atoms with Crippen molar-refractivity contribution in [2.45, 2.75) is 19.8 Å². The molecule has 0 fully saturated rings. The summed E-state index contributed by atoms with van der Waals surface area (Å²) in [6.45, 7) is 3.99. The lowest BCUT2D eigenvalue weighted by Gasteiger charge is -2.06. The molecule has 0 atom stereocenters. The minimum absolute atomic E-state index is 0.113. The largest absolute Gasteiger partial charge is 0.591 e. The van der Waals surface area contributed by atoms with E-state index in [1.165, 1.54) is 0 Å². The van der Waals surface area contributed by atoms with Gasteiger partial charge in [0.25, 0.3) is 5.75 Å². The molecule has 60 valence electrons. The van der Waals surface area contributed by atoms with E-state index < -0.39 is 0 Å². The lowest BCUT2D eigenvalue weighted by atomic mass is 10.0. The Kier molecular flexibility index (Phi) is 2.03. The molecule has 0 heterocycles. The summed E-state index contributed by atoms with van der Waals surface area (Å²) in [6.07, 6.45) is 0. The van der Waals surface area contributed by atoms with Crippen molar-refractivity contribution in [2.24, 2.45) is 0 Å². The molecule has 0 saturated carbocycles. The normalized spacial score (nSPS) is 10.5. The van der Waals surface area contributed by atoms with Gasteiger partial charge in [-0.2, -0.15) is 0 Å². The number of aromatic hydroxyl groups is 1. The second-order valence-corrected chi connectivity index (χ2v) is 2.90. The molecule has 0 saturated heterocycles. The fourth-order valence-corrected chi connectivity index (χ4v) is 1.03. The molecule has 2 nitrogen and oxygen atoms in total. The van der Waals surface area contributed by atoms with Crippen LogP contribution in [0.3, 0.4) is 0 Å². The van der Waals surface area contributed by atoms with Gasteiger partial charge in [0.15, 0.2) is 0 Å². The first kappa shape index (κ1) is 7.92. The van der Waals surface area contributed by atoms with E-state index in [0.717, 1.165) is 5.56 Å². The van der Waals surface area contributed by atoms with Crippen LogP contribution in [-0.4, -0.2) is 10.2 Å². The highest BCUT2D eigenvalue weighted by Gasteiger charge is 2.11. The van der Waals surface area contributed by atoms with E-state index in [9.17, 15) is 5.11 Å². The highest BCUT2D eigenvalue weighted by atomic mass is 16.3. The summed E-state index contributed by atoms with van der Waals surface area (Å²) in [7, 11) is 0. The second-order valence-electron chi connectivity index (χ2n) is 2.90. The molecule has 11 heavy (non-hydrogen) atoms. The van der Waals surface area contributed by atoms with Gasteiger partial charge in [0, 0.05) is 11.6 Å². The van der Waals surface area contributed by atoms with E-state index in [4.69, 9.17) is 5.11 Å². The maximum atomic E-state index is 9.38. The molecule has 1 aromatic rings. The van der Waals surface area contributed by atoms with Gasteiger partial charge in [0.05, 0.1) is 0 Å². The van der Waals surface area contributed by atoms with Gasteiger partial charge in [-0.05, 0) is 5.92 Å². The molecule has 3 N–H and O–H groups in total. The predicted molar refractivity (Wildman–Crippen MR) is 45.3 cm³/mol. The maximum Gasteiger partial charge on any atom is 0.296 e. The van der Waals surface area contributed by atoms with Crippen LogP contribution in [0.5, 0.6) is 11.5 Å². The zero-order valence-electron chi connectivity index (χ0n) is 6.76. The molecule has 0 bridgehead atoms. The zero-order valence-corrected chi connectivity index (χ0v) is 6.76. The highest BCUT2D eigenvalue weighted by molar-refractivity contribution is 5.45. The SMILES string of the molecule is CC(C)c1cccc([OH2+])c1O. The number of phenols is 1. The average Bonchev–Trinajstić information content (AvgIpc) is 1.94. The van der Waals surface area contributed by atoms with Gasteiger partial charge in [-0.15, -0.1) is 0 Å². The number of phenolic OH excluding ortho intramolecular Hbond substituents is 1. The van der Waals surface area contributed by atoms with Crippen molar-refractivity contribution in [2.75, 3.05) is 0 Å². The van der Waals surface area contributed by atoms with Crippen molar-refractivity contribution in [3.05, 3.63) is 23.8 Å². The van der Waals surface area contributed by atoms with Gasteiger partial charge in [0.2, 0.25) is 5.75 Å². The van der Waals surface area contributed by atoms with Crippen molar-refractivity contribution in [1.82, 2.24) is 0 Å². The summed E-state index contributed by atoms with van der Waals surface area (Å²) in [4.78, 5) is 0. The second kappa shape index (κ2) is 2.82. The van der Waals surface area contributed by atoms with E-state index in [-0.39, 0.29) is 17.4 Å². The highest BCUT2D eigenvalue weighted by Crippen LogP contribution is 2.32. The number of rotatable bonds is 1. The standard InChI is InChI=1S/C9H12O2/c1-6(2)7-4-3-5-8(10)9(7)11/h3-6,10-11H,1-2H3/p+1. The molecule has 1 rings (SSSR count). The van der Waals surface area contributed by atoms with Crippen LogP contribution in [0.4, 0.5) is 0 Å². The van der Waals surface area contributed by atoms with Gasteiger partial charge < -0.3 is 10.2 Å². The lowest BCUT2D eigenvalue weighted by molar-refractivity contribution is 0.397. The Morgan fingerprint density at radius 1 is 1.36 bits per heavy atom. The fourth-order valence-electron chi connectivity index (χ4n) is 1.03. The number of hydrogen-bond acceptors (Lipinski definition) is 1. The Labute approximate surface area is 66.1 Å². The Morgan fingerprint density at radius 3 is 2.45 bits per heavy atom. The monoisotopic (exact) mass is 153 g/mol. The van der Waals surface area contributed by atoms with Gasteiger partial charge in [-0.1, -0.05) is 26.0 Å². The van der Waals surface area contributed by atoms with E-state index in [1.807, 2.05) is 19.9 Å². The Hall–Kier alpha value is -1.18. The Balaban J connectivity index is 3.17. The van der Waals surface area contributed by atoms with Crippen molar-refractivity contribution < 1.29 is 10.2 Å². The summed E-state index contributed by atoms with van der Waals surface area (Å²) >= 11 is 0. The first-order chi connectivity index (χ1) is 5.13. The minimum atomic E-state index is 0.113. The summed E-state index contributed by atoms with van der Waals surface area (Å²) < 4.78 is 0. The molecule has 0 aliphatic heterocycles. The summed E-state index contributed by atoms with van der Waals surface area (Å²) in [6, 6.07) is 5.22. The molecule has 2 heteroatoms. The molecule has 0 aromatic heterocycles. The van der Waals surface area contributed by atoms with Crippen molar-refractivity contribution in [3.8, 4) is 11.5 Å². The Morgan fingerprint density at radius 2 is 2.00 bits per heavy atom. The molecule has 0 spiro atoms. The minimum Gasteiger partial charge on any atom is -0.591 e. The molecule has 0 radical (unpaired) electrons. The van der Waals surface area contributed by atoms with Crippen LogP contribution < -0.4 is 0 Å². The first-order valence-corrected chi connectivity index (χ1v) is 3.66. The van der Waals surface area contributed by atoms with E-state index in [0.29, 0.717) is 0 Å². The maximum absolute atomic E-state index is 9.38. The number of benzene rings is 1. The molecular formula is C9H13O2+.